The quantitative estimate of drug-likeness (QED) is 0.398. The van der Waals surface area contributed by atoms with E-state index in [2.05, 4.69) is 36.4 Å². The highest BCUT2D eigenvalue weighted by Gasteiger charge is 2.54. The van der Waals surface area contributed by atoms with Crippen LogP contribution in [-0.4, -0.2) is 62.2 Å². The Morgan fingerprint density at radius 3 is 2.69 bits per heavy atom. The van der Waals surface area contributed by atoms with Gasteiger partial charge >= 0.3 is 0 Å². The van der Waals surface area contributed by atoms with E-state index in [1.54, 1.807) is 23.7 Å². The summed E-state index contributed by atoms with van der Waals surface area (Å²) in [5, 5.41) is 18.0. The summed E-state index contributed by atoms with van der Waals surface area (Å²) in [5.41, 5.74) is 2.69. The summed E-state index contributed by atoms with van der Waals surface area (Å²) in [6.07, 6.45) is 4.98. The van der Waals surface area contributed by atoms with Crippen LogP contribution in [0.4, 0.5) is 11.8 Å². The van der Waals surface area contributed by atoms with Crippen molar-refractivity contribution in [1.82, 2.24) is 19.9 Å². The van der Waals surface area contributed by atoms with Crippen LogP contribution in [0.3, 0.4) is 0 Å². The van der Waals surface area contributed by atoms with Crippen LogP contribution in [-0.2, 0) is 9.47 Å². The summed E-state index contributed by atoms with van der Waals surface area (Å²) >= 11 is 1.60. The molecule has 0 bridgehead atoms. The standard InChI is InChI=1S/C26H36N6O3S/c1-7-25(3,4)13-28-24-29-14(2)19(23-31-17-11-27-9-8-18(17)36-23)22(32-24)30-16-10-15(12-33)20-21(16)35-26(5,6)34-20/h8-9,11,15-16,20-21,33H,7,10,12-13H2,1-6H3,(H2,28,29,30,32). The molecule has 36 heavy (non-hydrogen) atoms. The molecule has 9 nitrogen and oxygen atoms in total. The Labute approximate surface area is 216 Å². The fourth-order valence-corrected chi connectivity index (χ4v) is 5.96. The number of nitrogens with one attached hydrogen (secondary N) is 2. The first-order valence-electron chi connectivity index (χ1n) is 12.7. The largest absolute Gasteiger partial charge is 0.396 e. The fraction of sp³-hybridized carbons (Fsp3) is 0.615. The van der Waals surface area contributed by atoms with Crippen LogP contribution in [0.25, 0.3) is 20.8 Å². The molecule has 0 aromatic carbocycles. The number of aryl methyl sites for hydroxylation is 1. The minimum absolute atomic E-state index is 0.00265. The van der Waals surface area contributed by atoms with E-state index in [9.17, 15) is 5.11 Å². The van der Waals surface area contributed by atoms with E-state index in [1.807, 2.05) is 26.8 Å². The third-order valence-corrected chi connectivity index (χ3v) is 8.37. The zero-order chi connectivity index (χ0) is 25.7. The Hall–Kier alpha value is -2.40. The molecule has 0 spiro atoms. The highest BCUT2D eigenvalue weighted by Crippen LogP contribution is 2.44. The Morgan fingerprint density at radius 2 is 1.97 bits per heavy atom. The van der Waals surface area contributed by atoms with Gasteiger partial charge in [0.2, 0.25) is 5.95 Å². The van der Waals surface area contributed by atoms with E-state index < -0.39 is 5.79 Å². The molecule has 1 aliphatic heterocycles. The van der Waals surface area contributed by atoms with Crippen LogP contribution in [0.1, 0.15) is 53.2 Å². The van der Waals surface area contributed by atoms with Gasteiger partial charge in [0.25, 0.3) is 0 Å². The summed E-state index contributed by atoms with van der Waals surface area (Å²) in [5.74, 6) is 0.603. The summed E-state index contributed by atoms with van der Waals surface area (Å²) < 4.78 is 13.5. The summed E-state index contributed by atoms with van der Waals surface area (Å²) in [6, 6.07) is 1.90. The first-order valence-corrected chi connectivity index (χ1v) is 13.5. The lowest BCUT2D eigenvalue weighted by atomic mass is 9.90. The second-order valence-electron chi connectivity index (χ2n) is 11.1. The minimum atomic E-state index is -0.688. The first kappa shape index (κ1) is 25.3. The lowest BCUT2D eigenvalue weighted by Gasteiger charge is -2.26. The highest BCUT2D eigenvalue weighted by molar-refractivity contribution is 7.21. The van der Waals surface area contributed by atoms with Crippen molar-refractivity contribution < 1.29 is 14.6 Å². The van der Waals surface area contributed by atoms with Gasteiger partial charge in [0.1, 0.15) is 22.4 Å². The average molecular weight is 513 g/mol. The van der Waals surface area contributed by atoms with Gasteiger partial charge in [0.05, 0.1) is 34.3 Å². The molecular weight excluding hydrogens is 476 g/mol. The number of nitrogens with zero attached hydrogens (tertiary/aromatic N) is 4. The van der Waals surface area contributed by atoms with Gasteiger partial charge in [-0.05, 0) is 45.1 Å². The smallest absolute Gasteiger partial charge is 0.224 e. The molecule has 3 aromatic heterocycles. The van der Waals surface area contributed by atoms with E-state index in [1.165, 1.54) is 0 Å². The number of aliphatic hydroxyl groups is 1. The second-order valence-corrected chi connectivity index (χ2v) is 12.1. The number of aliphatic hydroxyl groups excluding tert-OH is 1. The lowest BCUT2D eigenvalue weighted by molar-refractivity contribution is -0.158. The molecule has 4 atom stereocenters. The van der Waals surface area contributed by atoms with Crippen molar-refractivity contribution in [2.75, 3.05) is 23.8 Å². The lowest BCUT2D eigenvalue weighted by Crippen LogP contribution is -2.35. The fourth-order valence-electron chi connectivity index (χ4n) is 4.93. The Bertz CT molecular complexity index is 1210. The molecule has 3 aromatic rings. The topological polar surface area (TPSA) is 114 Å². The van der Waals surface area contributed by atoms with Crippen LogP contribution < -0.4 is 10.6 Å². The molecule has 1 saturated carbocycles. The SMILES string of the molecule is CCC(C)(C)CNc1nc(C)c(-c2nc3cnccc3s2)c(NC2CC(CO)C3OC(C)(C)OC23)n1. The maximum atomic E-state index is 10.0. The number of aromatic nitrogens is 4. The van der Waals surface area contributed by atoms with Gasteiger partial charge in [-0.3, -0.25) is 4.98 Å². The van der Waals surface area contributed by atoms with Gasteiger partial charge in [0.15, 0.2) is 5.79 Å². The molecule has 10 heteroatoms. The Kier molecular flexibility index (Phi) is 6.65. The van der Waals surface area contributed by atoms with Crippen molar-refractivity contribution in [3.8, 4) is 10.6 Å². The molecule has 3 N–H and O–H groups in total. The Morgan fingerprint density at radius 1 is 1.19 bits per heavy atom. The first-order chi connectivity index (χ1) is 17.1. The van der Waals surface area contributed by atoms with E-state index in [-0.39, 0.29) is 36.2 Å². The second kappa shape index (κ2) is 9.48. The van der Waals surface area contributed by atoms with Gasteiger partial charge in [-0.2, -0.15) is 4.98 Å². The molecule has 4 unspecified atom stereocenters. The van der Waals surface area contributed by atoms with Gasteiger partial charge in [-0.15, -0.1) is 11.3 Å². The maximum absolute atomic E-state index is 10.0. The number of pyridine rings is 1. The van der Waals surface area contributed by atoms with Crippen molar-refractivity contribution in [1.29, 1.82) is 0 Å². The molecular formula is C26H36N6O3S. The molecule has 1 saturated heterocycles. The third kappa shape index (κ3) is 4.91. The predicted molar refractivity (Wildman–Crippen MR) is 142 cm³/mol. The van der Waals surface area contributed by atoms with Crippen molar-refractivity contribution >= 4 is 33.3 Å². The zero-order valence-corrected chi connectivity index (χ0v) is 22.6. The molecule has 0 radical (unpaired) electrons. The van der Waals surface area contributed by atoms with E-state index in [4.69, 9.17) is 24.4 Å². The monoisotopic (exact) mass is 512 g/mol. The van der Waals surface area contributed by atoms with Crippen LogP contribution in [0.2, 0.25) is 0 Å². The maximum Gasteiger partial charge on any atom is 0.224 e. The number of rotatable bonds is 8. The molecule has 2 aliphatic rings. The number of hydrogen-bond donors (Lipinski definition) is 3. The number of fused-ring (bicyclic) bond motifs is 2. The zero-order valence-electron chi connectivity index (χ0n) is 21.8. The van der Waals surface area contributed by atoms with E-state index in [0.717, 1.165) is 45.9 Å². The van der Waals surface area contributed by atoms with E-state index in [0.29, 0.717) is 11.8 Å². The number of anilines is 2. The van der Waals surface area contributed by atoms with Gasteiger partial charge in [-0.1, -0.05) is 20.8 Å². The molecule has 5 rings (SSSR count). The summed E-state index contributed by atoms with van der Waals surface area (Å²) in [6.45, 7) is 13.3. The molecule has 1 aliphatic carbocycles. The van der Waals surface area contributed by atoms with Crippen LogP contribution in [0, 0.1) is 18.3 Å². The Balaban J connectivity index is 1.53. The molecule has 194 valence electrons. The van der Waals surface area contributed by atoms with Crippen LogP contribution in [0.15, 0.2) is 18.5 Å². The van der Waals surface area contributed by atoms with E-state index >= 15 is 0 Å². The van der Waals surface area contributed by atoms with Crippen molar-refractivity contribution in [3.63, 3.8) is 0 Å². The molecule has 2 fully saturated rings. The number of ether oxygens (including phenoxy) is 2. The van der Waals surface area contributed by atoms with Crippen LogP contribution in [0.5, 0.6) is 0 Å². The normalized spacial score (nSPS) is 25.3. The van der Waals surface area contributed by atoms with Gasteiger partial charge in [-0.25, -0.2) is 9.97 Å². The summed E-state index contributed by atoms with van der Waals surface area (Å²) in [4.78, 5) is 18.8. The average Bonchev–Trinajstić information content (AvgIpc) is 3.48. The molecule has 0 amide bonds. The molecule has 4 heterocycles. The summed E-state index contributed by atoms with van der Waals surface area (Å²) in [7, 11) is 0. The van der Waals surface area contributed by atoms with Gasteiger partial charge in [0, 0.05) is 25.3 Å². The van der Waals surface area contributed by atoms with Crippen molar-refractivity contribution in [2.45, 2.75) is 78.4 Å². The third-order valence-electron chi connectivity index (χ3n) is 7.31. The van der Waals surface area contributed by atoms with Crippen LogP contribution >= 0.6 is 11.3 Å². The number of hydrogen-bond acceptors (Lipinski definition) is 10. The predicted octanol–water partition coefficient (Wildman–Crippen LogP) is 4.62. The van der Waals surface area contributed by atoms with Gasteiger partial charge < -0.3 is 25.2 Å². The highest BCUT2D eigenvalue weighted by atomic mass is 32.1. The minimum Gasteiger partial charge on any atom is -0.396 e. The number of thiazole rings is 1. The van der Waals surface area contributed by atoms with Crippen molar-refractivity contribution in [2.24, 2.45) is 11.3 Å². The van der Waals surface area contributed by atoms with Crippen molar-refractivity contribution in [3.05, 3.63) is 24.2 Å².